The van der Waals surface area contributed by atoms with Gasteiger partial charge in [-0.15, -0.1) is 0 Å². The van der Waals surface area contributed by atoms with Crippen LogP contribution in [0.4, 0.5) is 0 Å². The summed E-state index contributed by atoms with van der Waals surface area (Å²) in [5.41, 5.74) is 8.56. The fraction of sp³-hybridized carbons (Fsp3) is 0.529. The Morgan fingerprint density at radius 1 is 1.01 bits per heavy atom. The number of carbonyl (C=O) groups excluding carboxylic acids is 5. The second-order valence-electron chi connectivity index (χ2n) is 20.2. The van der Waals surface area contributed by atoms with Crippen molar-refractivity contribution >= 4 is 40.5 Å². The minimum absolute atomic E-state index is 0.0130. The molecule has 0 aliphatic carbocycles. The number of hydrogen-bond donors (Lipinski definition) is 3. The molecule has 3 N–H and O–H groups in total. The van der Waals surface area contributed by atoms with Crippen LogP contribution >= 0.6 is 0 Å². The first-order valence-electron chi connectivity index (χ1n) is 23.5. The number of aryl methyl sites for hydroxylation is 1. The summed E-state index contributed by atoms with van der Waals surface area (Å²) in [7, 11) is 5.29. The highest BCUT2D eigenvalue weighted by atomic mass is 16.6. The maximum Gasteiger partial charge on any atom is 0.324 e. The molecule has 3 saturated heterocycles. The molecule has 358 valence electrons. The SMILES string of the molecule is CO[C@@H](C)c1ncccc1-c1c2c3cc(ccc3n1C)-c1cc(O)cc(c1)C[C@H](NC(=O)[C@H](C(C)C)N(C)C(=O)[C@H]1CCN(C(=O)C3(C)CO3)C1)C(=O)N1CCC[C@H](N1)C(=O)OCC(C)(C)C2. The maximum absolute atomic E-state index is 14.7. The van der Waals surface area contributed by atoms with Crippen molar-refractivity contribution in [1.82, 2.24) is 35.1 Å². The molecule has 4 amide bonds. The highest BCUT2D eigenvalue weighted by molar-refractivity contribution is 5.96. The summed E-state index contributed by atoms with van der Waals surface area (Å²) in [5, 5.41) is 16.7. The number of epoxide rings is 1. The molecule has 8 rings (SSSR count). The number of nitrogens with one attached hydrogen (secondary N) is 2. The van der Waals surface area contributed by atoms with Gasteiger partial charge in [-0.05, 0) is 104 Å². The first-order chi connectivity index (χ1) is 31.8. The molecule has 4 aliphatic rings. The number of ether oxygens (including phenoxy) is 3. The molecule has 2 aromatic carbocycles. The van der Waals surface area contributed by atoms with Crippen LogP contribution in [0.5, 0.6) is 5.75 Å². The highest BCUT2D eigenvalue weighted by Crippen LogP contribution is 2.42. The number of carbonyl (C=O) groups is 5. The van der Waals surface area contributed by atoms with Crippen molar-refractivity contribution in [2.24, 2.45) is 24.3 Å². The number of rotatable bonds is 9. The standard InChI is InChI=1S/C51H65N7O9/c1-29(2)43(56(8)46(61)33-16-19-57(26-33)49(64)51(6)28-67-51)45(60)53-40-22-31-20-34(23-35(59)21-31)32-14-15-41-37(24-32)38(44(55(41)7)36-12-10-17-52-42(36)30(3)65-9)25-50(4,5)27-66-48(63)39-13-11-18-58(54-39)47(40)62/h10,12,14-15,17,20-21,23-24,29-30,33,39-40,43,54,59H,11,13,16,18-19,22,25-28H2,1-9H3,(H,53,60)/t30-,33-,39-,40-,43-,51?/m0/s1. The van der Waals surface area contributed by atoms with Gasteiger partial charge in [0.2, 0.25) is 11.8 Å². The zero-order chi connectivity index (χ0) is 48.1. The Kier molecular flexibility index (Phi) is 13.3. The van der Waals surface area contributed by atoms with Crippen LogP contribution in [0.1, 0.15) is 83.7 Å². The van der Waals surface area contributed by atoms with Crippen molar-refractivity contribution in [2.75, 3.05) is 47.0 Å². The van der Waals surface area contributed by atoms with E-state index in [2.05, 4.69) is 47.4 Å². The van der Waals surface area contributed by atoms with E-state index in [-0.39, 0.29) is 55.7 Å². The highest BCUT2D eigenvalue weighted by Gasteiger charge is 2.51. The van der Waals surface area contributed by atoms with E-state index >= 15 is 0 Å². The molecule has 6 bridgehead atoms. The Bertz CT molecular complexity index is 2580. The van der Waals surface area contributed by atoms with Crippen LogP contribution in [-0.4, -0.2) is 130 Å². The van der Waals surface area contributed by atoms with Gasteiger partial charge in [0.05, 0.1) is 36.6 Å². The van der Waals surface area contributed by atoms with Crippen molar-refractivity contribution < 1.29 is 43.3 Å². The second-order valence-corrected chi connectivity index (χ2v) is 20.2. The zero-order valence-corrected chi connectivity index (χ0v) is 40.2. The molecule has 16 heteroatoms. The van der Waals surface area contributed by atoms with Gasteiger partial charge in [0.15, 0.2) is 5.60 Å². The number of likely N-dealkylation sites (tertiary alicyclic amines) is 1. The molecule has 4 aliphatic heterocycles. The van der Waals surface area contributed by atoms with E-state index in [0.717, 1.165) is 39.0 Å². The predicted molar refractivity (Wildman–Crippen MR) is 251 cm³/mol. The summed E-state index contributed by atoms with van der Waals surface area (Å²) in [5.74, 6) is -2.76. The molecule has 6 heterocycles. The van der Waals surface area contributed by atoms with Crippen LogP contribution in [-0.2, 0) is 58.1 Å². The fourth-order valence-corrected chi connectivity index (χ4v) is 10.2. The van der Waals surface area contributed by atoms with Crippen LogP contribution in [0.2, 0.25) is 0 Å². The molecule has 4 aromatic rings. The van der Waals surface area contributed by atoms with Gasteiger partial charge in [0.1, 0.15) is 23.9 Å². The number of nitrogens with zero attached hydrogens (tertiary/aromatic N) is 5. The number of cyclic esters (lactones) is 1. The number of aromatic hydroxyl groups is 1. The molecule has 0 spiro atoms. The van der Waals surface area contributed by atoms with Crippen molar-refractivity contribution in [3.05, 3.63) is 71.5 Å². The van der Waals surface area contributed by atoms with E-state index in [4.69, 9.17) is 19.2 Å². The van der Waals surface area contributed by atoms with Gasteiger partial charge in [-0.2, -0.15) is 0 Å². The number of phenols is 1. The summed E-state index contributed by atoms with van der Waals surface area (Å²) in [6.07, 6.45) is 3.40. The topological polar surface area (TPSA) is 188 Å². The minimum atomic E-state index is -1.17. The van der Waals surface area contributed by atoms with Gasteiger partial charge in [0.25, 0.3) is 11.8 Å². The largest absolute Gasteiger partial charge is 0.508 e. The molecule has 3 fully saturated rings. The van der Waals surface area contributed by atoms with Gasteiger partial charge >= 0.3 is 5.97 Å². The molecule has 6 atom stereocenters. The summed E-state index contributed by atoms with van der Waals surface area (Å²) in [4.78, 5) is 78.1. The Labute approximate surface area is 392 Å². The summed E-state index contributed by atoms with van der Waals surface area (Å²) >= 11 is 0. The van der Waals surface area contributed by atoms with Crippen molar-refractivity contribution in [3.63, 3.8) is 0 Å². The third-order valence-electron chi connectivity index (χ3n) is 14.0. The van der Waals surface area contributed by atoms with E-state index in [0.29, 0.717) is 50.0 Å². The molecule has 2 aromatic heterocycles. The number of amides is 4. The molecule has 67 heavy (non-hydrogen) atoms. The lowest BCUT2D eigenvalue weighted by molar-refractivity contribution is -0.155. The number of hydrogen-bond acceptors (Lipinski definition) is 11. The van der Waals surface area contributed by atoms with Crippen LogP contribution in [0.25, 0.3) is 33.3 Å². The number of pyridine rings is 1. The Balaban J connectivity index is 1.16. The Morgan fingerprint density at radius 3 is 2.49 bits per heavy atom. The number of likely N-dealkylation sites (N-methyl/N-ethyl adjacent to an activating group) is 1. The monoisotopic (exact) mass is 919 g/mol. The van der Waals surface area contributed by atoms with Crippen LogP contribution in [0.3, 0.4) is 0 Å². The number of phenolic OH excluding ortho intramolecular Hbond substituents is 1. The molecule has 0 radical (unpaired) electrons. The number of methoxy groups -OCH3 is 1. The number of fused-ring (bicyclic) bond motifs is 6. The smallest absolute Gasteiger partial charge is 0.324 e. The van der Waals surface area contributed by atoms with Gasteiger partial charge in [-0.1, -0.05) is 39.8 Å². The van der Waals surface area contributed by atoms with E-state index in [1.165, 1.54) is 9.91 Å². The van der Waals surface area contributed by atoms with E-state index in [1.807, 2.05) is 46.0 Å². The molecular formula is C51H65N7O9. The maximum atomic E-state index is 14.7. The molecule has 0 saturated carbocycles. The number of benzene rings is 2. The Hall–Kier alpha value is -5.84. The average molecular weight is 920 g/mol. The first-order valence-corrected chi connectivity index (χ1v) is 23.5. The minimum Gasteiger partial charge on any atom is -0.508 e. The van der Waals surface area contributed by atoms with E-state index < -0.39 is 52.8 Å². The molecular weight excluding hydrogens is 855 g/mol. The molecule has 16 nitrogen and oxygen atoms in total. The summed E-state index contributed by atoms with van der Waals surface area (Å²) in [6, 6.07) is 12.4. The fourth-order valence-electron chi connectivity index (χ4n) is 10.2. The van der Waals surface area contributed by atoms with Gasteiger partial charge in [-0.3, -0.25) is 34.0 Å². The van der Waals surface area contributed by atoms with Crippen LogP contribution < -0.4 is 10.7 Å². The second kappa shape index (κ2) is 18.7. The lowest BCUT2D eigenvalue weighted by atomic mass is 9.84. The average Bonchev–Trinajstić information content (AvgIpc) is 3.76. The Morgan fingerprint density at radius 2 is 1.78 bits per heavy atom. The summed E-state index contributed by atoms with van der Waals surface area (Å²) < 4.78 is 19.4. The predicted octanol–water partition coefficient (Wildman–Crippen LogP) is 5.09. The zero-order valence-electron chi connectivity index (χ0n) is 40.2. The summed E-state index contributed by atoms with van der Waals surface area (Å²) in [6.45, 7) is 12.9. The van der Waals surface area contributed by atoms with Gasteiger partial charge in [0, 0.05) is 75.3 Å². The van der Waals surface area contributed by atoms with Crippen LogP contribution in [0, 0.1) is 17.3 Å². The normalized spacial score (nSPS) is 23.9. The third-order valence-corrected chi connectivity index (χ3v) is 14.0. The third kappa shape index (κ3) is 9.66. The molecule has 1 unspecified atom stereocenters. The van der Waals surface area contributed by atoms with Crippen LogP contribution in [0.15, 0.2) is 54.7 Å². The quantitative estimate of drug-likeness (QED) is 0.150. The number of aromatic nitrogens is 2. The van der Waals surface area contributed by atoms with E-state index in [9.17, 15) is 29.1 Å². The van der Waals surface area contributed by atoms with Crippen molar-refractivity contribution in [3.8, 4) is 28.1 Å². The lowest BCUT2D eigenvalue weighted by Gasteiger charge is -2.37. The van der Waals surface area contributed by atoms with Crippen molar-refractivity contribution in [1.29, 1.82) is 0 Å². The van der Waals surface area contributed by atoms with Gasteiger partial charge < -0.3 is 39.0 Å². The number of esters is 1. The number of hydrazine groups is 1. The van der Waals surface area contributed by atoms with Crippen molar-refractivity contribution in [2.45, 2.75) is 103 Å². The first kappa shape index (κ1) is 47.6. The van der Waals surface area contributed by atoms with E-state index in [1.54, 1.807) is 44.3 Å². The lowest BCUT2D eigenvalue weighted by Crippen LogP contribution is -2.62. The van der Waals surface area contributed by atoms with Gasteiger partial charge in [-0.25, -0.2) is 5.43 Å².